The van der Waals surface area contributed by atoms with Gasteiger partial charge in [0, 0.05) is 5.56 Å². The quantitative estimate of drug-likeness (QED) is 0.706. The topological polar surface area (TPSA) is 52.6 Å². The highest BCUT2D eigenvalue weighted by Gasteiger charge is 2.38. The average molecular weight is 251 g/mol. The van der Waals surface area contributed by atoms with Gasteiger partial charge >= 0.3 is 0 Å². The van der Waals surface area contributed by atoms with Gasteiger partial charge < -0.3 is 9.47 Å². The molecule has 0 spiro atoms. The molecule has 0 unspecified atom stereocenters. The van der Waals surface area contributed by atoms with Crippen LogP contribution >= 0.6 is 11.6 Å². The molecule has 0 N–H and O–H groups in total. The monoisotopic (exact) mass is 250 g/mol. The van der Waals surface area contributed by atoms with Gasteiger partial charge in [-0.3, -0.25) is 9.59 Å². The predicted molar refractivity (Wildman–Crippen MR) is 59.0 cm³/mol. The van der Waals surface area contributed by atoms with Crippen LogP contribution in [0.1, 0.15) is 20.7 Å². The van der Waals surface area contributed by atoms with Crippen molar-refractivity contribution >= 4 is 23.2 Å². The Labute approximate surface area is 102 Å². The maximum Gasteiger partial charge on any atom is 0.233 e. The zero-order valence-corrected chi connectivity index (χ0v) is 9.41. The molecule has 0 amide bonds. The second-order valence-corrected chi connectivity index (χ2v) is 4.08. The third kappa shape index (κ3) is 1.37. The van der Waals surface area contributed by atoms with Gasteiger partial charge in [-0.15, -0.1) is 0 Å². The molecule has 86 valence electrons. The van der Waals surface area contributed by atoms with Crippen LogP contribution in [0.2, 0.25) is 5.02 Å². The van der Waals surface area contributed by atoms with Crippen molar-refractivity contribution in [1.82, 2.24) is 0 Å². The minimum absolute atomic E-state index is 0.00369. The van der Waals surface area contributed by atoms with E-state index >= 15 is 0 Å². The van der Waals surface area contributed by atoms with Crippen molar-refractivity contribution in [3.05, 3.63) is 45.9 Å². The van der Waals surface area contributed by atoms with Crippen LogP contribution in [-0.2, 0) is 9.47 Å². The molecule has 0 radical (unpaired) electrons. The summed E-state index contributed by atoms with van der Waals surface area (Å²) in [7, 11) is 0. The summed E-state index contributed by atoms with van der Waals surface area (Å²) in [6.07, 6.45) is 0. The van der Waals surface area contributed by atoms with Crippen molar-refractivity contribution in [1.29, 1.82) is 0 Å². The molecule has 2 aliphatic rings. The highest BCUT2D eigenvalue weighted by Crippen LogP contribution is 2.33. The van der Waals surface area contributed by atoms with E-state index in [2.05, 4.69) is 0 Å². The van der Waals surface area contributed by atoms with Crippen molar-refractivity contribution < 1.29 is 19.1 Å². The fourth-order valence-corrected chi connectivity index (χ4v) is 2.20. The van der Waals surface area contributed by atoms with E-state index in [0.29, 0.717) is 0 Å². The number of hydrogen-bond donors (Lipinski definition) is 0. The number of carbonyl (C=O) groups is 2. The van der Waals surface area contributed by atoms with E-state index in [1.54, 1.807) is 18.2 Å². The number of Topliss-reactive ketones (excluding diaryl/α,β-unsaturated/α-hetero) is 2. The molecule has 0 atom stereocenters. The fourth-order valence-electron chi connectivity index (χ4n) is 1.94. The number of rotatable bonds is 0. The molecular formula is C12H7ClO4. The molecule has 1 aromatic rings. The van der Waals surface area contributed by atoms with E-state index in [0.717, 1.165) is 0 Å². The van der Waals surface area contributed by atoms with Crippen LogP contribution in [0.15, 0.2) is 29.7 Å². The largest absolute Gasteiger partial charge is 0.483 e. The lowest BCUT2D eigenvalue weighted by Crippen LogP contribution is -2.29. The summed E-state index contributed by atoms with van der Waals surface area (Å²) in [5.41, 5.74) is 0.468. The van der Waals surface area contributed by atoms with Gasteiger partial charge in [-0.25, -0.2) is 0 Å². The van der Waals surface area contributed by atoms with Gasteiger partial charge in [0.2, 0.25) is 23.1 Å². The number of carbonyl (C=O) groups excluding carboxylic acids is 2. The molecule has 0 saturated carbocycles. The molecule has 5 heteroatoms. The van der Waals surface area contributed by atoms with Crippen molar-refractivity contribution in [3.63, 3.8) is 0 Å². The molecular weight excluding hydrogens is 244 g/mol. The van der Waals surface area contributed by atoms with E-state index in [1.165, 1.54) is 0 Å². The number of ketones is 2. The van der Waals surface area contributed by atoms with Gasteiger partial charge in [0.1, 0.15) is 13.2 Å². The Morgan fingerprint density at radius 1 is 1.00 bits per heavy atom. The number of hydrogen-bond acceptors (Lipinski definition) is 4. The highest BCUT2D eigenvalue weighted by atomic mass is 35.5. The summed E-state index contributed by atoms with van der Waals surface area (Å²) in [5.74, 6) is -0.769. The lowest BCUT2D eigenvalue weighted by molar-refractivity contribution is 0.0437. The van der Waals surface area contributed by atoms with Gasteiger partial charge in [-0.2, -0.15) is 0 Å². The summed E-state index contributed by atoms with van der Waals surface area (Å²) in [4.78, 5) is 24.2. The van der Waals surface area contributed by atoms with Gasteiger partial charge in [-0.1, -0.05) is 23.7 Å². The third-order valence-electron chi connectivity index (χ3n) is 2.68. The van der Waals surface area contributed by atoms with Crippen LogP contribution in [0, 0.1) is 0 Å². The summed E-state index contributed by atoms with van der Waals surface area (Å²) in [6, 6.07) is 4.76. The van der Waals surface area contributed by atoms with E-state index in [9.17, 15) is 9.59 Å². The highest BCUT2D eigenvalue weighted by molar-refractivity contribution is 6.38. The summed E-state index contributed by atoms with van der Waals surface area (Å²) in [6.45, 7) is 0.533. The Morgan fingerprint density at radius 3 is 2.35 bits per heavy atom. The first-order valence-electron chi connectivity index (χ1n) is 5.08. The first-order chi connectivity index (χ1) is 8.20. The number of ether oxygens (including phenoxy) is 2. The lowest BCUT2D eigenvalue weighted by atomic mass is 9.92. The molecule has 1 heterocycles. The third-order valence-corrected chi connectivity index (χ3v) is 3.00. The van der Waals surface area contributed by atoms with Crippen LogP contribution < -0.4 is 0 Å². The van der Waals surface area contributed by atoms with E-state index < -0.39 is 0 Å². The van der Waals surface area contributed by atoms with Crippen molar-refractivity contribution in [2.45, 2.75) is 0 Å². The van der Waals surface area contributed by atoms with Crippen molar-refractivity contribution in [2.75, 3.05) is 13.2 Å². The zero-order chi connectivity index (χ0) is 12.0. The van der Waals surface area contributed by atoms with Crippen LogP contribution in [-0.4, -0.2) is 24.8 Å². The molecule has 0 bridgehead atoms. The SMILES string of the molecule is O=C1C2=C(OCCO2)C(=O)c2c(Cl)cccc21. The normalized spacial score (nSPS) is 18.2. The Balaban J connectivity index is 2.26. The molecule has 0 fully saturated rings. The number of allylic oxidation sites excluding steroid dienone is 2. The van der Waals surface area contributed by atoms with Gasteiger partial charge in [-0.05, 0) is 6.07 Å². The molecule has 0 saturated heterocycles. The second kappa shape index (κ2) is 3.60. The first kappa shape index (κ1) is 10.4. The average Bonchev–Trinajstić information content (AvgIpc) is 2.36. The van der Waals surface area contributed by atoms with E-state index in [4.69, 9.17) is 21.1 Å². The van der Waals surface area contributed by atoms with Crippen LogP contribution in [0.4, 0.5) is 0 Å². The van der Waals surface area contributed by atoms with Crippen LogP contribution in [0.25, 0.3) is 0 Å². The summed E-state index contributed by atoms with van der Waals surface area (Å²) < 4.78 is 10.4. The minimum atomic E-state index is -0.389. The lowest BCUT2D eigenvalue weighted by Gasteiger charge is -2.25. The number of halogens is 1. The standard InChI is InChI=1S/C12H7ClO4/c13-7-3-1-2-6-8(7)10(15)12-11(9(6)14)16-4-5-17-12/h1-3H,4-5H2. The van der Waals surface area contributed by atoms with E-state index in [1.807, 2.05) is 0 Å². The maximum absolute atomic E-state index is 12.1. The minimum Gasteiger partial charge on any atom is -0.483 e. The van der Waals surface area contributed by atoms with Crippen molar-refractivity contribution in [3.8, 4) is 0 Å². The molecule has 17 heavy (non-hydrogen) atoms. The first-order valence-corrected chi connectivity index (χ1v) is 5.45. The van der Waals surface area contributed by atoms with Gasteiger partial charge in [0.15, 0.2) is 0 Å². The number of benzene rings is 1. The van der Waals surface area contributed by atoms with Crippen LogP contribution in [0.3, 0.4) is 0 Å². The molecule has 4 nitrogen and oxygen atoms in total. The van der Waals surface area contributed by atoms with Gasteiger partial charge in [0.05, 0.1) is 10.6 Å². The van der Waals surface area contributed by atoms with Gasteiger partial charge in [0.25, 0.3) is 0 Å². The predicted octanol–water partition coefficient (Wildman–Crippen LogP) is 1.98. The maximum atomic E-state index is 12.1. The van der Waals surface area contributed by atoms with E-state index in [-0.39, 0.29) is 52.4 Å². The molecule has 1 aromatic carbocycles. The Hall–Kier alpha value is -1.81. The summed E-state index contributed by atoms with van der Waals surface area (Å²) >= 11 is 5.94. The molecule has 3 rings (SSSR count). The second-order valence-electron chi connectivity index (χ2n) is 3.68. The smallest absolute Gasteiger partial charge is 0.233 e. The molecule has 1 aliphatic heterocycles. The fraction of sp³-hybridized carbons (Fsp3) is 0.167. The Morgan fingerprint density at radius 2 is 1.65 bits per heavy atom. The molecule has 1 aliphatic carbocycles. The zero-order valence-electron chi connectivity index (χ0n) is 8.66. The molecule has 0 aromatic heterocycles. The number of fused-ring (bicyclic) bond motifs is 1. The Bertz CT molecular complexity index is 574. The summed E-state index contributed by atoms with van der Waals surface area (Å²) in [5, 5.41) is 0.251. The van der Waals surface area contributed by atoms with Crippen molar-refractivity contribution in [2.24, 2.45) is 0 Å². The Kier molecular flexibility index (Phi) is 2.19. The van der Waals surface area contributed by atoms with Crippen LogP contribution in [0.5, 0.6) is 0 Å².